The summed E-state index contributed by atoms with van der Waals surface area (Å²) in [6.45, 7) is -2.88. The summed E-state index contributed by atoms with van der Waals surface area (Å²) in [6, 6.07) is 0. The third kappa shape index (κ3) is 2.08. The van der Waals surface area contributed by atoms with Gasteiger partial charge in [-0.3, -0.25) is 0 Å². The van der Waals surface area contributed by atoms with Gasteiger partial charge >= 0.3 is 21.2 Å². The van der Waals surface area contributed by atoms with E-state index in [4.69, 9.17) is 0 Å². The maximum Gasteiger partial charge on any atom is 0.430 e. The first kappa shape index (κ1) is 13.4. The molecule has 0 aromatic carbocycles. The van der Waals surface area contributed by atoms with Crippen molar-refractivity contribution in [1.82, 2.24) is 0 Å². The Bertz CT molecular complexity index is 358. The van der Waals surface area contributed by atoms with E-state index in [9.17, 15) is 34.6 Å². The minimum absolute atomic E-state index is 1.19. The molecule has 0 N–H and O–H groups in total. The molecular formula is C3H2F5NO3S2. The summed E-state index contributed by atoms with van der Waals surface area (Å²) in [4.78, 5) is 0. The zero-order valence-electron chi connectivity index (χ0n) is 6.09. The quantitative estimate of drug-likeness (QED) is 0.705. The first-order chi connectivity index (χ1) is 6.12. The van der Waals surface area contributed by atoms with Gasteiger partial charge in [-0.15, -0.1) is 0 Å². The van der Waals surface area contributed by atoms with Crippen LogP contribution in [0.4, 0.5) is 22.0 Å². The lowest BCUT2D eigenvalue weighted by molar-refractivity contribution is -0.165. The van der Waals surface area contributed by atoms with Gasteiger partial charge in [0.25, 0.3) is 0 Å². The van der Waals surface area contributed by atoms with Crippen molar-refractivity contribution >= 4 is 21.5 Å². The zero-order chi connectivity index (χ0) is 11.6. The summed E-state index contributed by atoms with van der Waals surface area (Å²) in [7, 11) is -6.03. The van der Waals surface area contributed by atoms with Gasteiger partial charge in [0.05, 0.1) is 0 Å². The molecule has 0 saturated carbocycles. The number of rotatable bonds is 4. The van der Waals surface area contributed by atoms with E-state index in [1.54, 1.807) is 3.77 Å². The highest BCUT2D eigenvalue weighted by Gasteiger charge is 2.66. The molecule has 0 aliphatic heterocycles. The van der Waals surface area contributed by atoms with E-state index in [-0.39, 0.29) is 0 Å². The third-order valence-corrected chi connectivity index (χ3v) is 3.02. The maximum atomic E-state index is 12.3. The van der Waals surface area contributed by atoms with Crippen LogP contribution >= 0.6 is 0 Å². The molecule has 0 aromatic heterocycles. The van der Waals surface area contributed by atoms with Crippen molar-refractivity contribution in [3.8, 4) is 0 Å². The molecule has 0 fully saturated rings. The third-order valence-electron chi connectivity index (χ3n) is 1.05. The van der Waals surface area contributed by atoms with Crippen LogP contribution in [0.1, 0.15) is 0 Å². The fraction of sp³-hybridized carbons (Fsp3) is 1.00. The van der Waals surface area contributed by atoms with Crippen LogP contribution in [0.5, 0.6) is 0 Å². The molecule has 0 aliphatic carbocycles. The predicted octanol–water partition coefficient (Wildman–Crippen LogP) is 0.910. The molecule has 11 heteroatoms. The van der Waals surface area contributed by atoms with Gasteiger partial charge in [0.2, 0.25) is 11.5 Å². The topological polar surface area (TPSA) is 63.6 Å². The Kier molecular flexibility index (Phi) is 3.72. The van der Waals surface area contributed by atoms with Gasteiger partial charge in [-0.25, -0.2) is 4.39 Å². The molecule has 0 unspecified atom stereocenters. The number of nitrogens with zero attached hydrogens (tertiary/aromatic N) is 1. The van der Waals surface area contributed by atoms with Crippen molar-refractivity contribution in [2.75, 3.05) is 6.67 Å². The van der Waals surface area contributed by atoms with E-state index in [1.165, 1.54) is 0 Å². The fourth-order valence-electron chi connectivity index (χ4n) is 0.353. The van der Waals surface area contributed by atoms with E-state index in [0.717, 1.165) is 0 Å². The molecule has 14 heavy (non-hydrogen) atoms. The minimum Gasteiger partial charge on any atom is -0.244 e. The van der Waals surface area contributed by atoms with Gasteiger partial charge in [0, 0.05) is 0 Å². The van der Waals surface area contributed by atoms with E-state index >= 15 is 0 Å². The van der Waals surface area contributed by atoms with Gasteiger partial charge in [0.15, 0.2) is 6.67 Å². The summed E-state index contributed by atoms with van der Waals surface area (Å²) in [6.07, 6.45) is 0. The molecule has 0 bridgehead atoms. The molecule has 0 atom stereocenters. The van der Waals surface area contributed by atoms with Crippen LogP contribution in [-0.4, -0.2) is 30.5 Å². The lowest BCUT2D eigenvalue weighted by Crippen LogP contribution is -2.47. The molecule has 0 rings (SSSR count). The van der Waals surface area contributed by atoms with Crippen molar-refractivity contribution in [2.24, 2.45) is 3.77 Å². The number of hydrogen-bond acceptors (Lipinski definition) is 3. The molecule has 0 aliphatic rings. The Labute approximate surface area is 78.4 Å². The Morgan fingerprint density at radius 1 is 1.21 bits per heavy atom. The molecule has 0 saturated heterocycles. The second-order valence-electron chi connectivity index (χ2n) is 1.98. The van der Waals surface area contributed by atoms with Gasteiger partial charge in [0.1, 0.15) is 0 Å². The summed E-state index contributed by atoms with van der Waals surface area (Å²) in [5.74, 6) is -5.41. The van der Waals surface area contributed by atoms with Gasteiger partial charge in [-0.2, -0.15) is 30.2 Å². The van der Waals surface area contributed by atoms with Crippen LogP contribution in [0.25, 0.3) is 0 Å². The Hall–Kier alpha value is -0.580. The smallest absolute Gasteiger partial charge is 0.244 e. The van der Waals surface area contributed by atoms with Crippen molar-refractivity contribution < 1.29 is 34.6 Å². The SMILES string of the molecule is O=S=NS(=O)(=O)C(F)(F)C(F)(F)CF. The predicted molar refractivity (Wildman–Crippen MR) is 35.4 cm³/mol. The van der Waals surface area contributed by atoms with Crippen LogP contribution in [-0.2, 0) is 21.5 Å². The lowest BCUT2D eigenvalue weighted by atomic mass is 10.4. The molecule has 0 radical (unpaired) electrons. The molecule has 0 heterocycles. The average molecular weight is 259 g/mol. The molecule has 0 spiro atoms. The lowest BCUT2D eigenvalue weighted by Gasteiger charge is -2.20. The van der Waals surface area contributed by atoms with Crippen molar-refractivity contribution in [3.05, 3.63) is 0 Å². The zero-order valence-corrected chi connectivity index (χ0v) is 7.72. The van der Waals surface area contributed by atoms with Crippen LogP contribution in [0, 0.1) is 0 Å². The summed E-state index contributed by atoms with van der Waals surface area (Å²) < 4.78 is 92.0. The molecule has 84 valence electrons. The highest BCUT2D eigenvalue weighted by Crippen LogP contribution is 2.39. The molecule has 0 amide bonds. The Balaban J connectivity index is 5.48. The maximum absolute atomic E-state index is 12.3. The Morgan fingerprint density at radius 3 is 1.93 bits per heavy atom. The van der Waals surface area contributed by atoms with Gasteiger partial charge < -0.3 is 0 Å². The molecule has 0 aromatic rings. The number of alkyl halides is 5. The summed E-state index contributed by atoms with van der Waals surface area (Å²) in [5, 5.41) is -5.73. The van der Waals surface area contributed by atoms with Crippen LogP contribution in [0.3, 0.4) is 0 Å². The van der Waals surface area contributed by atoms with Gasteiger partial charge in [-0.05, 0) is 0 Å². The normalized spacial score (nSPS) is 13.8. The largest absolute Gasteiger partial charge is 0.430 e. The highest BCUT2D eigenvalue weighted by atomic mass is 32.2. The number of sulfonamides is 1. The van der Waals surface area contributed by atoms with Crippen molar-refractivity contribution in [1.29, 1.82) is 0 Å². The van der Waals surface area contributed by atoms with Crippen LogP contribution in [0.15, 0.2) is 3.77 Å². The fourth-order valence-corrected chi connectivity index (χ4v) is 1.48. The monoisotopic (exact) mass is 259 g/mol. The van der Waals surface area contributed by atoms with Crippen molar-refractivity contribution in [3.63, 3.8) is 0 Å². The minimum atomic E-state index is -6.03. The van der Waals surface area contributed by atoms with E-state index in [0.29, 0.717) is 0 Å². The first-order valence-electron chi connectivity index (χ1n) is 2.70. The molecule has 4 nitrogen and oxygen atoms in total. The summed E-state index contributed by atoms with van der Waals surface area (Å²) in [5.41, 5.74) is 0. The highest BCUT2D eigenvalue weighted by molar-refractivity contribution is 7.94. The standard InChI is InChI=1S/C3H2F5NO3S2/c4-1-2(5,6)3(7,8)14(11,12)9-13-10/h1H2. The Morgan fingerprint density at radius 2 is 1.64 bits per heavy atom. The van der Waals surface area contributed by atoms with Crippen molar-refractivity contribution in [2.45, 2.75) is 11.2 Å². The molecular weight excluding hydrogens is 257 g/mol. The second-order valence-corrected chi connectivity index (χ2v) is 4.19. The van der Waals surface area contributed by atoms with E-state index in [1.807, 2.05) is 0 Å². The van der Waals surface area contributed by atoms with Crippen LogP contribution < -0.4 is 0 Å². The first-order valence-corrected chi connectivity index (χ1v) is 4.83. The van der Waals surface area contributed by atoms with E-state index < -0.39 is 39.3 Å². The number of halogens is 5. The van der Waals surface area contributed by atoms with Gasteiger partial charge in [-0.1, -0.05) is 3.77 Å². The summed E-state index contributed by atoms with van der Waals surface area (Å²) >= 11 is -1.19. The second kappa shape index (κ2) is 3.88. The average Bonchev–Trinajstić information content (AvgIpc) is 2.03. The van der Waals surface area contributed by atoms with Crippen LogP contribution in [0.2, 0.25) is 0 Å². The number of hydrogen-bond donors (Lipinski definition) is 0. The van der Waals surface area contributed by atoms with E-state index in [2.05, 4.69) is 0 Å².